The predicted octanol–water partition coefficient (Wildman–Crippen LogP) is 3.69. The van der Waals surface area contributed by atoms with Gasteiger partial charge in [0.05, 0.1) is 25.2 Å². The number of hydrogen-bond donors (Lipinski definition) is 3. The summed E-state index contributed by atoms with van der Waals surface area (Å²) in [5.41, 5.74) is 2.80. The van der Waals surface area contributed by atoms with E-state index in [4.69, 9.17) is 9.47 Å². The first-order valence-corrected chi connectivity index (χ1v) is 12.2. The first-order chi connectivity index (χ1) is 16.5. The Labute approximate surface area is 199 Å². The van der Waals surface area contributed by atoms with Gasteiger partial charge in [-0.15, -0.1) is 0 Å². The zero-order chi connectivity index (χ0) is 23.7. The van der Waals surface area contributed by atoms with E-state index in [1.165, 1.54) is 0 Å². The van der Waals surface area contributed by atoms with E-state index in [9.17, 15) is 14.7 Å². The Morgan fingerprint density at radius 1 is 1.09 bits per heavy atom. The fraction of sp³-hybridized carbons (Fsp3) is 0.481. The van der Waals surface area contributed by atoms with Gasteiger partial charge in [0.1, 0.15) is 18.0 Å². The summed E-state index contributed by atoms with van der Waals surface area (Å²) < 4.78 is 12.2. The summed E-state index contributed by atoms with van der Waals surface area (Å²) in [5.74, 6) is 1.22. The molecule has 5 rings (SSSR count). The van der Waals surface area contributed by atoms with E-state index >= 15 is 0 Å². The van der Waals surface area contributed by atoms with Crippen LogP contribution in [0, 0.1) is 5.92 Å². The van der Waals surface area contributed by atoms with Crippen LogP contribution in [0.25, 0.3) is 0 Å². The van der Waals surface area contributed by atoms with Crippen molar-refractivity contribution in [3.8, 4) is 5.75 Å². The normalized spacial score (nSPS) is 26.1. The number of hydrogen-bond acceptors (Lipinski definition) is 5. The fourth-order valence-electron chi connectivity index (χ4n) is 5.10. The van der Waals surface area contributed by atoms with E-state index in [-0.39, 0.29) is 49.0 Å². The first-order valence-electron chi connectivity index (χ1n) is 12.2. The maximum atomic E-state index is 12.8. The fourth-order valence-corrected chi connectivity index (χ4v) is 5.10. The lowest BCUT2D eigenvalue weighted by molar-refractivity contribution is -0.142. The van der Waals surface area contributed by atoms with Gasteiger partial charge in [-0.25, -0.2) is 0 Å². The topological polar surface area (TPSA) is 96.9 Å². The first kappa shape index (κ1) is 22.9. The van der Waals surface area contributed by atoms with Crippen LogP contribution in [0.2, 0.25) is 0 Å². The number of carbonyl (C=O) groups is 2. The molecule has 0 bridgehead atoms. The van der Waals surface area contributed by atoms with Crippen molar-refractivity contribution in [3.63, 3.8) is 0 Å². The van der Waals surface area contributed by atoms with Gasteiger partial charge in [-0.3, -0.25) is 9.59 Å². The molecule has 0 aromatic heterocycles. The Balaban J connectivity index is 1.25. The number of anilines is 1. The third-order valence-corrected chi connectivity index (χ3v) is 7.04. The molecular weight excluding hydrogens is 432 g/mol. The molecule has 0 radical (unpaired) electrons. The molecule has 1 saturated heterocycles. The molecule has 0 unspecified atom stereocenters. The molecule has 2 aromatic carbocycles. The summed E-state index contributed by atoms with van der Waals surface area (Å²) in [5, 5.41) is 16.0. The molecule has 3 N–H and O–H groups in total. The van der Waals surface area contributed by atoms with Crippen molar-refractivity contribution in [1.29, 1.82) is 0 Å². The quantitative estimate of drug-likeness (QED) is 0.554. The zero-order valence-corrected chi connectivity index (χ0v) is 19.4. The maximum Gasteiger partial charge on any atom is 0.224 e. The van der Waals surface area contributed by atoms with Crippen LogP contribution in [-0.4, -0.2) is 41.8 Å². The summed E-state index contributed by atoms with van der Waals surface area (Å²) in [7, 11) is 0. The number of fused-ring (bicyclic) bond motifs is 3. The van der Waals surface area contributed by atoms with Crippen molar-refractivity contribution in [2.24, 2.45) is 5.92 Å². The number of carbonyl (C=O) groups excluding carboxylic acids is 2. The molecule has 7 nitrogen and oxygen atoms in total. The number of aliphatic hydroxyl groups is 1. The standard InChI is InChI=1S/C27H32N2O5/c1-16(18-5-3-2-4-6-18)28-26(32)14-20-13-22-21-12-19(29-25(31)11-17-7-8-17)9-10-23(21)34-27(22)24(15-30)33-20/h2-6,9-10,12,16-17,20,22,24,27,30H,7-8,11,13-15H2,1H3,(H,28,32)(H,29,31)/t16-,20+,22-,24+,27+/m1/s1. The molecular formula is C27H32N2O5. The molecule has 0 spiro atoms. The second-order valence-corrected chi connectivity index (χ2v) is 9.76. The van der Waals surface area contributed by atoms with Gasteiger partial charge in [0.2, 0.25) is 11.8 Å². The molecule has 2 heterocycles. The van der Waals surface area contributed by atoms with E-state index in [1.807, 2.05) is 55.5 Å². The molecule has 180 valence electrons. The molecule has 1 aliphatic carbocycles. The van der Waals surface area contributed by atoms with E-state index in [0.29, 0.717) is 18.8 Å². The second-order valence-electron chi connectivity index (χ2n) is 9.76. The number of aliphatic hydroxyl groups excluding tert-OH is 1. The molecule has 3 aliphatic rings. The van der Waals surface area contributed by atoms with Crippen LogP contribution in [-0.2, 0) is 14.3 Å². The summed E-state index contributed by atoms with van der Waals surface area (Å²) >= 11 is 0. The number of ether oxygens (including phenoxy) is 2. The van der Waals surface area contributed by atoms with Gasteiger partial charge in [-0.2, -0.15) is 0 Å². The van der Waals surface area contributed by atoms with Gasteiger partial charge < -0.3 is 25.2 Å². The van der Waals surface area contributed by atoms with Crippen molar-refractivity contribution in [1.82, 2.24) is 5.32 Å². The summed E-state index contributed by atoms with van der Waals surface area (Å²) in [6.07, 6.45) is 2.52. The second kappa shape index (κ2) is 9.76. The smallest absolute Gasteiger partial charge is 0.224 e. The van der Waals surface area contributed by atoms with Gasteiger partial charge in [0, 0.05) is 23.6 Å². The predicted molar refractivity (Wildman–Crippen MR) is 128 cm³/mol. The maximum absolute atomic E-state index is 12.8. The monoisotopic (exact) mass is 464 g/mol. The minimum Gasteiger partial charge on any atom is -0.487 e. The van der Waals surface area contributed by atoms with Crippen LogP contribution in [0.5, 0.6) is 5.75 Å². The Bertz CT molecular complexity index is 1040. The molecule has 2 amide bonds. The largest absolute Gasteiger partial charge is 0.487 e. The lowest BCUT2D eigenvalue weighted by Gasteiger charge is -2.37. The van der Waals surface area contributed by atoms with Crippen LogP contribution in [0.3, 0.4) is 0 Å². The van der Waals surface area contributed by atoms with Crippen molar-refractivity contribution in [2.45, 2.75) is 69.3 Å². The van der Waals surface area contributed by atoms with Gasteiger partial charge >= 0.3 is 0 Å². The average Bonchev–Trinajstić information content (AvgIpc) is 3.57. The van der Waals surface area contributed by atoms with Gasteiger partial charge in [-0.05, 0) is 55.9 Å². The lowest BCUT2D eigenvalue weighted by atomic mass is 9.84. The minimum atomic E-state index is -0.511. The highest BCUT2D eigenvalue weighted by Gasteiger charge is 2.46. The Morgan fingerprint density at radius 3 is 2.62 bits per heavy atom. The molecule has 34 heavy (non-hydrogen) atoms. The zero-order valence-electron chi connectivity index (χ0n) is 19.4. The summed E-state index contributed by atoms with van der Waals surface area (Å²) in [6, 6.07) is 15.4. The minimum absolute atomic E-state index is 0.00877. The van der Waals surface area contributed by atoms with Crippen molar-refractivity contribution >= 4 is 17.5 Å². The van der Waals surface area contributed by atoms with Crippen LogP contribution < -0.4 is 15.4 Å². The van der Waals surface area contributed by atoms with Crippen molar-refractivity contribution in [3.05, 3.63) is 59.7 Å². The number of amides is 2. The SMILES string of the molecule is C[C@@H](NC(=O)C[C@@H]1C[C@@H]2c3cc(NC(=O)CC4CC4)ccc3O[C@@H]2[C@H](CO)O1)c1ccccc1. The molecule has 2 aromatic rings. The lowest BCUT2D eigenvalue weighted by Crippen LogP contribution is -2.47. The van der Waals surface area contributed by atoms with Gasteiger partial charge in [-0.1, -0.05) is 30.3 Å². The molecule has 7 heteroatoms. The van der Waals surface area contributed by atoms with Gasteiger partial charge in [0.25, 0.3) is 0 Å². The van der Waals surface area contributed by atoms with E-state index in [2.05, 4.69) is 10.6 Å². The van der Waals surface area contributed by atoms with Gasteiger partial charge in [0.15, 0.2) is 0 Å². The molecule has 2 fully saturated rings. The Hall–Kier alpha value is -2.90. The van der Waals surface area contributed by atoms with Crippen LogP contribution in [0.4, 0.5) is 5.69 Å². The van der Waals surface area contributed by atoms with Crippen LogP contribution in [0.15, 0.2) is 48.5 Å². The van der Waals surface area contributed by atoms with Crippen molar-refractivity contribution < 1.29 is 24.2 Å². The Morgan fingerprint density at radius 2 is 1.88 bits per heavy atom. The van der Waals surface area contributed by atoms with Crippen molar-refractivity contribution in [2.75, 3.05) is 11.9 Å². The highest BCUT2D eigenvalue weighted by Crippen LogP contribution is 2.47. The average molecular weight is 465 g/mol. The number of nitrogens with one attached hydrogen (secondary N) is 2. The van der Waals surface area contributed by atoms with Crippen LogP contribution in [0.1, 0.15) is 62.1 Å². The third kappa shape index (κ3) is 5.10. The highest BCUT2D eigenvalue weighted by atomic mass is 16.6. The number of benzene rings is 2. The molecule has 1 saturated carbocycles. The highest BCUT2D eigenvalue weighted by molar-refractivity contribution is 5.91. The molecule has 2 aliphatic heterocycles. The third-order valence-electron chi connectivity index (χ3n) is 7.04. The van der Waals surface area contributed by atoms with E-state index < -0.39 is 6.10 Å². The van der Waals surface area contributed by atoms with Crippen LogP contribution >= 0.6 is 0 Å². The number of rotatable bonds is 8. The molecule has 5 atom stereocenters. The van der Waals surface area contributed by atoms with E-state index in [0.717, 1.165) is 35.4 Å². The Kier molecular flexibility index (Phi) is 6.57. The summed E-state index contributed by atoms with van der Waals surface area (Å²) in [6.45, 7) is 1.78. The van der Waals surface area contributed by atoms with E-state index in [1.54, 1.807) is 0 Å². The summed E-state index contributed by atoms with van der Waals surface area (Å²) in [4.78, 5) is 25.0.